The molecule has 1 aromatic carbocycles. The van der Waals surface area contributed by atoms with Gasteiger partial charge in [-0.3, -0.25) is 0 Å². The van der Waals surface area contributed by atoms with Gasteiger partial charge in [0.05, 0.1) is 12.7 Å². The van der Waals surface area contributed by atoms with Gasteiger partial charge in [-0.25, -0.2) is 4.79 Å². The molecule has 1 aliphatic rings. The number of hydrogen-bond donors (Lipinski definition) is 0. The Bertz CT molecular complexity index is 567. The first-order chi connectivity index (χ1) is 10.2. The zero-order valence-electron chi connectivity index (χ0n) is 12.0. The largest absolute Gasteiger partial charge is 0.465 e. The zero-order chi connectivity index (χ0) is 15.3. The topological polar surface area (TPSA) is 26.3 Å². The van der Waals surface area contributed by atoms with E-state index < -0.39 is 0 Å². The van der Waals surface area contributed by atoms with Crippen LogP contribution >= 0.6 is 23.5 Å². The standard InChI is InChI=1S/C17H18O2S2/c1-4-6-14(5-2)17(20-11-12-21-17)15-9-7-13(8-10-15)16(18)19-3/h4-10H,1-2,11-12H2,3H3/b14-6+. The summed E-state index contributed by atoms with van der Waals surface area (Å²) in [5.41, 5.74) is 2.86. The van der Waals surface area contributed by atoms with E-state index >= 15 is 0 Å². The molecule has 1 fully saturated rings. The molecular formula is C17H18O2S2. The molecule has 0 spiro atoms. The molecule has 0 radical (unpaired) electrons. The molecule has 2 rings (SSSR count). The molecular weight excluding hydrogens is 300 g/mol. The molecule has 0 unspecified atom stereocenters. The van der Waals surface area contributed by atoms with Crippen molar-refractivity contribution in [2.24, 2.45) is 0 Å². The lowest BCUT2D eigenvalue weighted by molar-refractivity contribution is 0.0600. The predicted molar refractivity (Wildman–Crippen MR) is 92.9 cm³/mol. The molecule has 1 aromatic rings. The van der Waals surface area contributed by atoms with Crippen LogP contribution in [0.15, 0.2) is 61.2 Å². The highest BCUT2D eigenvalue weighted by atomic mass is 32.2. The van der Waals surface area contributed by atoms with E-state index in [-0.39, 0.29) is 10.0 Å². The minimum atomic E-state index is -0.312. The van der Waals surface area contributed by atoms with E-state index in [0.29, 0.717) is 5.56 Å². The van der Waals surface area contributed by atoms with Crippen molar-refractivity contribution in [3.8, 4) is 0 Å². The molecule has 110 valence electrons. The summed E-state index contributed by atoms with van der Waals surface area (Å²) in [6.07, 6.45) is 5.69. The van der Waals surface area contributed by atoms with Crippen molar-refractivity contribution in [3.63, 3.8) is 0 Å². The average Bonchev–Trinajstić information content (AvgIpc) is 3.02. The van der Waals surface area contributed by atoms with Crippen LogP contribution in [0.4, 0.5) is 0 Å². The third-order valence-corrected chi connectivity index (χ3v) is 6.82. The summed E-state index contributed by atoms with van der Waals surface area (Å²) in [6, 6.07) is 7.63. The van der Waals surface area contributed by atoms with Crippen molar-refractivity contribution >= 4 is 29.5 Å². The van der Waals surface area contributed by atoms with Gasteiger partial charge in [-0.15, -0.1) is 23.5 Å². The second-order valence-corrected chi connectivity index (χ2v) is 7.32. The van der Waals surface area contributed by atoms with Crippen molar-refractivity contribution in [2.75, 3.05) is 18.6 Å². The highest BCUT2D eigenvalue weighted by molar-refractivity contribution is 8.20. The van der Waals surface area contributed by atoms with Gasteiger partial charge in [0.15, 0.2) is 0 Å². The summed E-state index contributed by atoms with van der Waals surface area (Å²) < 4.78 is 4.58. The number of hydrogen-bond acceptors (Lipinski definition) is 4. The number of methoxy groups -OCH3 is 1. The molecule has 1 saturated heterocycles. The molecule has 1 heterocycles. The SMILES string of the molecule is C=C/C=C(\C=C)C1(c2ccc(C(=O)OC)cc2)SCCS1. The summed E-state index contributed by atoms with van der Waals surface area (Å²) in [4.78, 5) is 11.5. The lowest BCUT2D eigenvalue weighted by Gasteiger charge is -2.29. The summed E-state index contributed by atoms with van der Waals surface area (Å²) >= 11 is 3.79. The van der Waals surface area contributed by atoms with Crippen molar-refractivity contribution in [1.29, 1.82) is 0 Å². The quantitative estimate of drug-likeness (QED) is 0.593. The smallest absolute Gasteiger partial charge is 0.337 e. The lowest BCUT2D eigenvalue weighted by Crippen LogP contribution is -2.17. The number of esters is 1. The Hall–Kier alpha value is -1.39. The lowest BCUT2D eigenvalue weighted by atomic mass is 10.0. The molecule has 1 aliphatic heterocycles. The van der Waals surface area contributed by atoms with Crippen LogP contribution in [-0.4, -0.2) is 24.6 Å². The first kappa shape index (κ1) is 16.0. The summed E-state index contributed by atoms with van der Waals surface area (Å²) in [6.45, 7) is 7.73. The maximum atomic E-state index is 11.5. The molecule has 2 nitrogen and oxygen atoms in total. The number of ether oxygens (including phenoxy) is 1. The Morgan fingerprint density at radius 3 is 2.33 bits per heavy atom. The van der Waals surface area contributed by atoms with E-state index in [1.54, 1.807) is 6.08 Å². The van der Waals surface area contributed by atoms with Gasteiger partial charge in [0.2, 0.25) is 0 Å². The molecule has 0 amide bonds. The van der Waals surface area contributed by atoms with Crippen LogP contribution in [0.3, 0.4) is 0 Å². The van der Waals surface area contributed by atoms with E-state index in [1.165, 1.54) is 7.11 Å². The first-order valence-corrected chi connectivity index (χ1v) is 8.57. The number of carbonyl (C=O) groups excluding carboxylic acids is 1. The van der Waals surface area contributed by atoms with Crippen LogP contribution in [0.2, 0.25) is 0 Å². The monoisotopic (exact) mass is 318 g/mol. The minimum Gasteiger partial charge on any atom is -0.465 e. The van der Waals surface area contributed by atoms with Crippen molar-refractivity contribution in [3.05, 3.63) is 72.4 Å². The Labute approximate surface area is 134 Å². The maximum Gasteiger partial charge on any atom is 0.337 e. The molecule has 0 N–H and O–H groups in total. The van der Waals surface area contributed by atoms with Gasteiger partial charge in [0.25, 0.3) is 0 Å². The van der Waals surface area contributed by atoms with Crippen LogP contribution in [0, 0.1) is 0 Å². The third-order valence-electron chi connectivity index (χ3n) is 3.28. The van der Waals surface area contributed by atoms with E-state index in [9.17, 15) is 4.79 Å². The fraction of sp³-hybridized carbons (Fsp3) is 0.235. The number of thioether (sulfide) groups is 2. The normalized spacial score (nSPS) is 17.3. The van der Waals surface area contributed by atoms with Gasteiger partial charge < -0.3 is 4.74 Å². The van der Waals surface area contributed by atoms with E-state index in [1.807, 2.05) is 59.9 Å². The fourth-order valence-electron chi connectivity index (χ4n) is 2.30. The van der Waals surface area contributed by atoms with Crippen molar-refractivity contribution in [1.82, 2.24) is 0 Å². The van der Waals surface area contributed by atoms with Gasteiger partial charge in [0, 0.05) is 11.5 Å². The van der Waals surface area contributed by atoms with Gasteiger partial charge in [-0.05, 0) is 23.3 Å². The van der Waals surface area contributed by atoms with Gasteiger partial charge in [-0.2, -0.15) is 0 Å². The van der Waals surface area contributed by atoms with Crippen LogP contribution in [0.1, 0.15) is 15.9 Å². The van der Waals surface area contributed by atoms with Crippen molar-refractivity contribution < 1.29 is 9.53 Å². The van der Waals surface area contributed by atoms with E-state index in [2.05, 4.69) is 13.2 Å². The maximum absolute atomic E-state index is 11.5. The van der Waals surface area contributed by atoms with E-state index in [0.717, 1.165) is 22.6 Å². The van der Waals surface area contributed by atoms with Gasteiger partial charge >= 0.3 is 5.97 Å². The summed E-state index contributed by atoms with van der Waals surface area (Å²) in [5, 5.41) is 0. The average molecular weight is 318 g/mol. The highest BCUT2D eigenvalue weighted by Crippen LogP contribution is 2.56. The molecule has 0 saturated carbocycles. The zero-order valence-corrected chi connectivity index (χ0v) is 13.6. The fourth-order valence-corrected chi connectivity index (χ4v) is 5.61. The summed E-state index contributed by atoms with van der Waals surface area (Å²) in [7, 11) is 1.39. The highest BCUT2D eigenvalue weighted by Gasteiger charge is 2.39. The Morgan fingerprint density at radius 1 is 1.24 bits per heavy atom. The van der Waals surface area contributed by atoms with Gasteiger partial charge in [0.1, 0.15) is 4.08 Å². The van der Waals surface area contributed by atoms with Crippen molar-refractivity contribution in [2.45, 2.75) is 4.08 Å². The molecule has 0 atom stereocenters. The molecule has 0 bridgehead atoms. The third kappa shape index (κ3) is 3.11. The predicted octanol–water partition coefficient (Wildman–Crippen LogP) is 4.40. The molecule has 0 aromatic heterocycles. The number of carbonyl (C=O) groups is 1. The van der Waals surface area contributed by atoms with E-state index in [4.69, 9.17) is 4.74 Å². The van der Waals surface area contributed by atoms with Crippen LogP contribution in [-0.2, 0) is 8.82 Å². The van der Waals surface area contributed by atoms with Crippen LogP contribution in [0.25, 0.3) is 0 Å². The minimum absolute atomic E-state index is 0.162. The molecule has 0 aliphatic carbocycles. The van der Waals surface area contributed by atoms with Crippen LogP contribution in [0.5, 0.6) is 0 Å². The Kier molecular flexibility index (Phi) is 5.37. The Morgan fingerprint density at radius 2 is 1.86 bits per heavy atom. The molecule has 4 heteroatoms. The van der Waals surface area contributed by atoms with Gasteiger partial charge in [-0.1, -0.05) is 43.5 Å². The van der Waals surface area contributed by atoms with Crippen LogP contribution < -0.4 is 0 Å². The second kappa shape index (κ2) is 7.05. The second-order valence-electron chi connectivity index (χ2n) is 4.44. The first-order valence-electron chi connectivity index (χ1n) is 6.60. The molecule has 21 heavy (non-hydrogen) atoms. The summed E-state index contributed by atoms with van der Waals surface area (Å²) in [5.74, 6) is 1.87. The number of benzene rings is 1. The Balaban J connectivity index is 2.43. The number of allylic oxidation sites excluding steroid dienone is 3. The number of rotatable bonds is 5.